The van der Waals surface area contributed by atoms with Gasteiger partial charge in [-0.1, -0.05) is 11.8 Å². The summed E-state index contributed by atoms with van der Waals surface area (Å²) >= 11 is 1.15. The molecular weight excluding hydrogens is 258 g/mol. The van der Waals surface area contributed by atoms with E-state index in [2.05, 4.69) is 0 Å². The number of halogens is 2. The topological polar surface area (TPSA) is 37.3 Å². The van der Waals surface area contributed by atoms with Gasteiger partial charge >= 0.3 is 5.97 Å². The second-order valence-corrected chi connectivity index (χ2v) is 4.62. The molecular formula is C13H8F2O2S. The number of carboxylic acid groups (broad SMARTS) is 1. The van der Waals surface area contributed by atoms with Gasteiger partial charge in [-0.3, -0.25) is 0 Å². The molecule has 0 saturated carbocycles. The molecule has 0 unspecified atom stereocenters. The summed E-state index contributed by atoms with van der Waals surface area (Å²) in [4.78, 5) is 12.1. The molecule has 0 aromatic heterocycles. The van der Waals surface area contributed by atoms with Crippen LogP contribution in [-0.2, 0) is 0 Å². The first-order valence-corrected chi connectivity index (χ1v) is 5.84. The Morgan fingerprint density at radius 1 is 1.00 bits per heavy atom. The minimum absolute atomic E-state index is 0.107. The van der Waals surface area contributed by atoms with Crippen LogP contribution in [0.25, 0.3) is 0 Å². The van der Waals surface area contributed by atoms with Gasteiger partial charge in [-0.05, 0) is 42.5 Å². The first-order chi connectivity index (χ1) is 8.56. The van der Waals surface area contributed by atoms with Crippen molar-refractivity contribution in [1.29, 1.82) is 0 Å². The molecule has 0 atom stereocenters. The van der Waals surface area contributed by atoms with E-state index in [1.807, 2.05) is 0 Å². The Kier molecular flexibility index (Phi) is 3.62. The predicted molar refractivity (Wildman–Crippen MR) is 63.9 cm³/mol. The second kappa shape index (κ2) is 5.18. The predicted octanol–water partition coefficient (Wildman–Crippen LogP) is 3.81. The molecule has 2 aromatic carbocycles. The molecule has 0 aliphatic heterocycles. The molecule has 0 bridgehead atoms. The zero-order chi connectivity index (χ0) is 13.1. The molecule has 0 saturated heterocycles. The number of carbonyl (C=O) groups is 1. The summed E-state index contributed by atoms with van der Waals surface area (Å²) in [5.41, 5.74) is -0.107. The van der Waals surface area contributed by atoms with Crippen molar-refractivity contribution in [2.75, 3.05) is 0 Å². The highest BCUT2D eigenvalue weighted by Crippen LogP contribution is 2.31. The van der Waals surface area contributed by atoms with Crippen LogP contribution in [0.1, 0.15) is 10.4 Å². The van der Waals surface area contributed by atoms with Crippen LogP contribution >= 0.6 is 11.8 Å². The van der Waals surface area contributed by atoms with E-state index in [0.717, 1.165) is 17.8 Å². The van der Waals surface area contributed by atoms with Crippen molar-refractivity contribution in [3.8, 4) is 0 Å². The van der Waals surface area contributed by atoms with Gasteiger partial charge in [-0.2, -0.15) is 0 Å². The average Bonchev–Trinajstić information content (AvgIpc) is 2.34. The smallest absolute Gasteiger partial charge is 0.336 e. The van der Waals surface area contributed by atoms with E-state index >= 15 is 0 Å². The Bertz CT molecular complexity index is 582. The van der Waals surface area contributed by atoms with E-state index in [1.165, 1.54) is 36.4 Å². The maximum absolute atomic E-state index is 13.0. The van der Waals surface area contributed by atoms with E-state index < -0.39 is 11.8 Å². The van der Waals surface area contributed by atoms with Gasteiger partial charge in [0.1, 0.15) is 11.6 Å². The Balaban J connectivity index is 2.34. The summed E-state index contributed by atoms with van der Waals surface area (Å²) in [5, 5.41) is 8.97. The number of hydrogen-bond donors (Lipinski definition) is 1. The van der Waals surface area contributed by atoms with Crippen molar-refractivity contribution >= 4 is 17.7 Å². The first kappa shape index (κ1) is 12.6. The Hall–Kier alpha value is -1.88. The quantitative estimate of drug-likeness (QED) is 0.917. The number of carboxylic acids is 1. The summed E-state index contributed by atoms with van der Waals surface area (Å²) in [6, 6.07) is 9.20. The molecule has 92 valence electrons. The molecule has 5 heteroatoms. The summed E-state index contributed by atoms with van der Waals surface area (Å²) in [7, 11) is 0. The van der Waals surface area contributed by atoms with E-state index in [-0.39, 0.29) is 11.4 Å². The molecule has 0 aliphatic rings. The van der Waals surface area contributed by atoms with Gasteiger partial charge in [0.15, 0.2) is 0 Å². The van der Waals surface area contributed by atoms with Gasteiger partial charge in [0.05, 0.1) is 5.56 Å². The van der Waals surface area contributed by atoms with Crippen LogP contribution in [0.5, 0.6) is 0 Å². The largest absolute Gasteiger partial charge is 0.478 e. The van der Waals surface area contributed by atoms with Gasteiger partial charge < -0.3 is 5.11 Å². The fraction of sp³-hybridized carbons (Fsp3) is 0. The lowest BCUT2D eigenvalue weighted by molar-refractivity contribution is 0.0692. The summed E-state index contributed by atoms with van der Waals surface area (Å²) in [5.74, 6) is -2.16. The van der Waals surface area contributed by atoms with E-state index in [4.69, 9.17) is 5.11 Å². The van der Waals surface area contributed by atoms with Gasteiger partial charge in [0.2, 0.25) is 0 Å². The SMILES string of the molecule is O=C(O)c1cc(F)ccc1Sc1ccc(F)cc1. The van der Waals surface area contributed by atoms with Crippen molar-refractivity contribution in [3.05, 3.63) is 59.7 Å². The lowest BCUT2D eigenvalue weighted by atomic mass is 10.2. The van der Waals surface area contributed by atoms with Crippen LogP contribution in [0, 0.1) is 11.6 Å². The van der Waals surface area contributed by atoms with Gasteiger partial charge in [0, 0.05) is 9.79 Å². The molecule has 1 N–H and O–H groups in total. The van der Waals surface area contributed by atoms with Crippen molar-refractivity contribution in [2.24, 2.45) is 0 Å². The molecule has 0 amide bonds. The van der Waals surface area contributed by atoms with E-state index in [0.29, 0.717) is 9.79 Å². The Labute approximate surface area is 106 Å². The summed E-state index contributed by atoms with van der Waals surface area (Å²) < 4.78 is 25.7. The van der Waals surface area contributed by atoms with Crippen molar-refractivity contribution < 1.29 is 18.7 Å². The second-order valence-electron chi connectivity index (χ2n) is 3.50. The van der Waals surface area contributed by atoms with Crippen LogP contribution in [0.4, 0.5) is 8.78 Å². The lowest BCUT2D eigenvalue weighted by Crippen LogP contribution is -1.99. The molecule has 18 heavy (non-hydrogen) atoms. The van der Waals surface area contributed by atoms with Gasteiger partial charge in [0.25, 0.3) is 0 Å². The maximum atomic E-state index is 13.0. The summed E-state index contributed by atoms with van der Waals surface area (Å²) in [6.45, 7) is 0. The van der Waals surface area contributed by atoms with E-state index in [9.17, 15) is 13.6 Å². The third-order valence-corrected chi connectivity index (χ3v) is 3.30. The third kappa shape index (κ3) is 2.87. The molecule has 2 nitrogen and oxygen atoms in total. The molecule has 0 fully saturated rings. The zero-order valence-corrected chi connectivity index (χ0v) is 9.88. The molecule has 2 rings (SSSR count). The van der Waals surface area contributed by atoms with Crippen LogP contribution in [0.15, 0.2) is 52.3 Å². The minimum Gasteiger partial charge on any atom is -0.478 e. The standard InChI is InChI=1S/C13H8F2O2S/c14-8-1-4-10(5-2-8)18-12-6-3-9(15)7-11(12)13(16)17/h1-7H,(H,16,17). The van der Waals surface area contributed by atoms with E-state index in [1.54, 1.807) is 0 Å². The fourth-order valence-corrected chi connectivity index (χ4v) is 2.31. The van der Waals surface area contributed by atoms with Gasteiger partial charge in [-0.15, -0.1) is 0 Å². The van der Waals surface area contributed by atoms with Crippen molar-refractivity contribution in [1.82, 2.24) is 0 Å². The lowest BCUT2D eigenvalue weighted by Gasteiger charge is -2.05. The zero-order valence-electron chi connectivity index (χ0n) is 9.06. The molecule has 0 aliphatic carbocycles. The van der Waals surface area contributed by atoms with Crippen LogP contribution in [-0.4, -0.2) is 11.1 Å². The van der Waals surface area contributed by atoms with Gasteiger partial charge in [-0.25, -0.2) is 13.6 Å². The Morgan fingerprint density at radius 2 is 1.61 bits per heavy atom. The summed E-state index contributed by atoms with van der Waals surface area (Å²) in [6.07, 6.45) is 0. The highest BCUT2D eigenvalue weighted by Gasteiger charge is 2.12. The molecule has 0 heterocycles. The first-order valence-electron chi connectivity index (χ1n) is 5.02. The average molecular weight is 266 g/mol. The van der Waals surface area contributed by atoms with Crippen LogP contribution in [0.2, 0.25) is 0 Å². The monoisotopic (exact) mass is 266 g/mol. The Morgan fingerprint density at radius 3 is 2.22 bits per heavy atom. The number of hydrogen-bond acceptors (Lipinski definition) is 2. The highest BCUT2D eigenvalue weighted by atomic mass is 32.2. The number of aromatic carboxylic acids is 1. The molecule has 0 radical (unpaired) electrons. The minimum atomic E-state index is -1.20. The molecule has 2 aromatic rings. The fourth-order valence-electron chi connectivity index (χ4n) is 1.39. The normalized spacial score (nSPS) is 10.3. The van der Waals surface area contributed by atoms with Crippen LogP contribution in [0.3, 0.4) is 0 Å². The third-order valence-electron chi connectivity index (χ3n) is 2.21. The maximum Gasteiger partial charge on any atom is 0.336 e. The molecule has 0 spiro atoms. The van der Waals surface area contributed by atoms with Crippen molar-refractivity contribution in [3.63, 3.8) is 0 Å². The highest BCUT2D eigenvalue weighted by molar-refractivity contribution is 7.99. The van der Waals surface area contributed by atoms with Crippen molar-refractivity contribution in [2.45, 2.75) is 9.79 Å². The number of benzene rings is 2. The number of rotatable bonds is 3. The van der Waals surface area contributed by atoms with Crippen LogP contribution < -0.4 is 0 Å².